The topological polar surface area (TPSA) is 217 Å². The number of carboxylic acids is 2. The molecular formula is C28H40N8O10. The number of aromatic carboxylic acids is 2. The highest BCUT2D eigenvalue weighted by Crippen LogP contribution is 2.26. The predicted octanol–water partition coefficient (Wildman–Crippen LogP) is 2.29. The maximum absolute atomic E-state index is 11.2. The van der Waals surface area contributed by atoms with E-state index in [0.29, 0.717) is 47.9 Å². The van der Waals surface area contributed by atoms with Crippen LogP contribution in [0.25, 0.3) is 0 Å². The van der Waals surface area contributed by atoms with Crippen molar-refractivity contribution in [3.8, 4) is 23.0 Å². The number of carbonyl (C=O) groups is 2. The molecule has 0 saturated heterocycles. The lowest BCUT2D eigenvalue weighted by atomic mass is 10.2. The van der Waals surface area contributed by atoms with Crippen LogP contribution in [-0.2, 0) is 36.8 Å². The van der Waals surface area contributed by atoms with E-state index in [4.69, 9.17) is 31.4 Å². The molecule has 2 N–H and O–H groups in total. The quantitative estimate of drug-likeness (QED) is 0.178. The second kappa shape index (κ2) is 17.2. The Bertz CT molecular complexity index is 1590. The molecule has 0 bridgehead atoms. The molecule has 0 aliphatic rings. The van der Waals surface area contributed by atoms with Crippen LogP contribution in [0.5, 0.6) is 23.0 Å². The first-order chi connectivity index (χ1) is 23.0. The van der Waals surface area contributed by atoms with Crippen molar-refractivity contribution in [1.29, 1.82) is 0 Å². The standard InChI is InChI=1S/2C14H18N4O5.2H2/c1-9(7-21-3)23-12-5-10(14(19)20)4-11(6-12)22-8-13-15-16-17-18(13)2;1-9(7-21-3)23-12-5-10(14(19)20)4-11(6-12)22-8-13-15-17-18(2)16-13;;/h2*4-6,9H,7-8H2,1-3H3,(H,19,20);2*1H/t2*9-;;/m00../s1/i;;1+1D;1+1. The molecule has 0 amide bonds. The molecule has 0 unspecified atom stereocenters. The third-order valence-corrected chi connectivity index (χ3v) is 5.72. The first-order valence-corrected chi connectivity index (χ1v) is 13.7. The summed E-state index contributed by atoms with van der Waals surface area (Å²) in [6.07, 6.45) is -0.446. The molecule has 0 radical (unpaired) electrons. The van der Waals surface area contributed by atoms with Gasteiger partial charge in [0.05, 0.1) is 31.4 Å². The third kappa shape index (κ3) is 11.3. The minimum Gasteiger partial charge on any atom is -0.488 e. The van der Waals surface area contributed by atoms with E-state index in [1.807, 2.05) is 13.8 Å². The number of nitrogens with zero attached hydrogens (tertiary/aromatic N) is 8. The molecule has 2 heterocycles. The SMILES string of the molecule is COC[C@H](C)Oc1cc(OCc2nnn(C)n2)cc(C(=O)O)c1.COC[C@H](C)Oc1cc(OCc2nnnn2C)cc(C(=O)O)c1.[2HH].[2H][2H]. The molecule has 46 heavy (non-hydrogen) atoms. The van der Waals surface area contributed by atoms with Gasteiger partial charge in [-0.3, -0.25) is 0 Å². The largest absolute Gasteiger partial charge is 0.488 e. The lowest BCUT2D eigenvalue weighted by molar-refractivity contribution is 0.0683. The Morgan fingerprint density at radius 3 is 1.70 bits per heavy atom. The first kappa shape index (κ1) is 33.5. The van der Waals surface area contributed by atoms with Gasteiger partial charge in [0.2, 0.25) is 5.82 Å². The molecule has 4 aromatic rings. The summed E-state index contributed by atoms with van der Waals surface area (Å²) in [5, 5.41) is 40.9. The number of tetrazole rings is 2. The zero-order valence-electron chi connectivity index (χ0n) is 28.2. The van der Waals surface area contributed by atoms with Crippen molar-refractivity contribution in [3.63, 3.8) is 0 Å². The molecule has 4 rings (SSSR count). The maximum Gasteiger partial charge on any atom is 0.335 e. The number of ether oxygens (including phenoxy) is 6. The average molecular weight is 652 g/mol. The molecule has 2 aromatic heterocycles. The van der Waals surface area contributed by atoms with Gasteiger partial charge in [0, 0.05) is 37.8 Å². The van der Waals surface area contributed by atoms with E-state index >= 15 is 0 Å². The summed E-state index contributed by atoms with van der Waals surface area (Å²) in [7, 11) is 6.46. The predicted molar refractivity (Wildman–Crippen MR) is 161 cm³/mol. The van der Waals surface area contributed by atoms with Crippen molar-refractivity contribution < 1.29 is 52.6 Å². The normalized spacial score (nSPS) is 12.1. The van der Waals surface area contributed by atoms with E-state index in [1.54, 1.807) is 40.4 Å². The minimum atomic E-state index is -1.07. The van der Waals surface area contributed by atoms with Crippen molar-refractivity contribution in [2.75, 3.05) is 27.4 Å². The number of aryl methyl sites for hydroxylation is 2. The highest BCUT2D eigenvalue weighted by Gasteiger charge is 2.14. The van der Waals surface area contributed by atoms with E-state index in [-0.39, 0.29) is 38.0 Å². The molecular weight excluding hydrogens is 608 g/mol. The van der Waals surface area contributed by atoms with E-state index in [9.17, 15) is 19.8 Å². The van der Waals surface area contributed by atoms with Crippen LogP contribution >= 0.6 is 0 Å². The summed E-state index contributed by atoms with van der Waals surface area (Å²) in [6.45, 7) is 4.60. The summed E-state index contributed by atoms with van der Waals surface area (Å²) < 4.78 is 43.8. The molecule has 2 aromatic carbocycles. The summed E-state index contributed by atoms with van der Waals surface area (Å²) in [5.74, 6) is 0.239. The molecule has 18 heteroatoms. The van der Waals surface area contributed by atoms with Crippen LogP contribution in [0.3, 0.4) is 0 Å². The Kier molecular flexibility index (Phi) is 12.5. The number of methoxy groups -OCH3 is 2. The monoisotopic (exact) mass is 651 g/mol. The molecule has 0 fully saturated rings. The number of aromatic nitrogens is 8. The molecule has 2 atom stereocenters. The van der Waals surface area contributed by atoms with E-state index in [0.717, 1.165) is 0 Å². The van der Waals surface area contributed by atoms with E-state index < -0.39 is 11.9 Å². The molecule has 0 aliphatic carbocycles. The number of carboxylic acid groups (broad SMARTS) is 2. The van der Waals surface area contributed by atoms with Crippen molar-refractivity contribution in [2.45, 2.75) is 39.3 Å². The van der Waals surface area contributed by atoms with Gasteiger partial charge in [0.15, 0.2) is 12.4 Å². The van der Waals surface area contributed by atoms with Crippen LogP contribution in [0.4, 0.5) is 0 Å². The van der Waals surface area contributed by atoms with Gasteiger partial charge >= 0.3 is 11.9 Å². The number of hydrogen-bond acceptors (Lipinski definition) is 14. The minimum absolute atomic E-state index is 0. The molecule has 18 nitrogen and oxygen atoms in total. The van der Waals surface area contributed by atoms with Crippen molar-refractivity contribution >= 4 is 11.9 Å². The maximum atomic E-state index is 11.2. The third-order valence-electron chi connectivity index (χ3n) is 5.72. The second-order valence-corrected chi connectivity index (χ2v) is 9.76. The van der Waals surface area contributed by atoms with Gasteiger partial charge < -0.3 is 38.6 Å². The highest BCUT2D eigenvalue weighted by molar-refractivity contribution is 5.89. The average Bonchev–Trinajstić information content (AvgIpc) is 3.67. The van der Waals surface area contributed by atoms with E-state index in [2.05, 4.69) is 30.9 Å². The van der Waals surface area contributed by atoms with Crippen LogP contribution in [0.2, 0.25) is 0 Å². The summed E-state index contributed by atoms with van der Waals surface area (Å²) in [6, 6.07) is 8.91. The van der Waals surface area contributed by atoms with Crippen molar-refractivity contribution in [3.05, 3.63) is 59.2 Å². The van der Waals surface area contributed by atoms with Crippen molar-refractivity contribution in [2.24, 2.45) is 14.1 Å². The Morgan fingerprint density at radius 1 is 0.783 bits per heavy atom. The Hall–Kier alpha value is -5.36. The summed E-state index contributed by atoms with van der Waals surface area (Å²) in [4.78, 5) is 23.8. The van der Waals surface area contributed by atoms with Gasteiger partial charge in [-0.1, -0.05) is 0 Å². The van der Waals surface area contributed by atoms with Crippen LogP contribution in [-0.4, -0.2) is 102 Å². The van der Waals surface area contributed by atoms with Crippen LogP contribution in [0.1, 0.15) is 50.6 Å². The zero-order chi connectivity index (χ0) is 35.6. The van der Waals surface area contributed by atoms with Gasteiger partial charge in [0.25, 0.3) is 0 Å². The lowest BCUT2D eigenvalue weighted by Crippen LogP contribution is -2.18. The summed E-state index contributed by atoms with van der Waals surface area (Å²) in [5.41, 5.74) is 0.132. The van der Waals surface area contributed by atoms with Gasteiger partial charge in [0.1, 0.15) is 41.8 Å². The Balaban J connectivity index is 0.000000458. The fourth-order valence-corrected chi connectivity index (χ4v) is 3.74. The van der Waals surface area contributed by atoms with Crippen molar-refractivity contribution in [1.82, 2.24) is 40.4 Å². The number of benzene rings is 2. The van der Waals surface area contributed by atoms with Gasteiger partial charge in [-0.2, -0.15) is 4.80 Å². The van der Waals surface area contributed by atoms with Crippen LogP contribution in [0, 0.1) is 0 Å². The number of hydrogen-bond donors (Lipinski definition) is 2. The second-order valence-electron chi connectivity index (χ2n) is 9.76. The zero-order valence-corrected chi connectivity index (χ0v) is 26.2. The van der Waals surface area contributed by atoms with Crippen LogP contribution in [0.15, 0.2) is 36.4 Å². The van der Waals surface area contributed by atoms with Gasteiger partial charge in [-0.25, -0.2) is 14.3 Å². The smallest absolute Gasteiger partial charge is 0.335 e. The summed E-state index contributed by atoms with van der Waals surface area (Å²) >= 11 is 0. The highest BCUT2D eigenvalue weighted by atomic mass is 16.5. The Morgan fingerprint density at radius 2 is 1.28 bits per heavy atom. The molecule has 0 spiro atoms. The fraction of sp³-hybridized carbons (Fsp3) is 0.429. The molecule has 0 saturated carbocycles. The fourth-order valence-electron chi connectivity index (χ4n) is 3.74. The molecule has 252 valence electrons. The first-order valence-electron chi connectivity index (χ1n) is 14.7. The lowest BCUT2D eigenvalue weighted by Gasteiger charge is -2.15. The Labute approximate surface area is 268 Å². The number of rotatable bonds is 16. The molecule has 0 aliphatic heterocycles. The van der Waals surface area contributed by atoms with Gasteiger partial charge in [-0.05, 0) is 53.8 Å². The van der Waals surface area contributed by atoms with Gasteiger partial charge in [-0.15, -0.1) is 15.3 Å². The van der Waals surface area contributed by atoms with E-state index in [1.165, 1.54) is 33.7 Å². The van der Waals surface area contributed by atoms with Crippen LogP contribution < -0.4 is 18.9 Å².